The van der Waals surface area contributed by atoms with E-state index in [2.05, 4.69) is 50.9 Å². The summed E-state index contributed by atoms with van der Waals surface area (Å²) < 4.78 is 0. The van der Waals surface area contributed by atoms with Crippen LogP contribution in [0.2, 0.25) is 0 Å². The summed E-state index contributed by atoms with van der Waals surface area (Å²) >= 11 is 0. The monoisotopic (exact) mass is 169 g/mol. The van der Waals surface area contributed by atoms with Crippen LogP contribution in [0.1, 0.15) is 27.7 Å². The van der Waals surface area contributed by atoms with Crippen LogP contribution in [-0.2, 0) is 0 Å². The van der Waals surface area contributed by atoms with Gasteiger partial charge in [0.05, 0.1) is 0 Å². The fraction of sp³-hybridized carbons (Fsp3) is 0.667. The summed E-state index contributed by atoms with van der Waals surface area (Å²) in [6, 6.07) is 0.567. The van der Waals surface area contributed by atoms with E-state index >= 15 is 0 Å². The molecule has 0 saturated heterocycles. The molecule has 1 rings (SSSR count). The van der Waals surface area contributed by atoms with E-state index in [4.69, 9.17) is 0 Å². The van der Waals surface area contributed by atoms with Gasteiger partial charge in [0.25, 0.3) is 0 Å². The average molecular weight is 169 g/mol. The zero-order chi connectivity index (χ0) is 8.43. The highest BCUT2D eigenvalue weighted by molar-refractivity contribution is 7.63. The zero-order valence-electron chi connectivity index (χ0n) is 7.70. The maximum atomic E-state index is 3.48. The van der Waals surface area contributed by atoms with Gasteiger partial charge in [-0.05, 0) is 33.2 Å². The molecule has 0 aromatic carbocycles. The first-order valence-electron chi connectivity index (χ1n) is 4.12. The van der Waals surface area contributed by atoms with E-state index in [0.29, 0.717) is 6.04 Å². The smallest absolute Gasteiger partial charge is 0.124 e. The lowest BCUT2D eigenvalue weighted by atomic mass is 10.4. The lowest BCUT2D eigenvalue weighted by Crippen LogP contribution is -2.19. The van der Waals surface area contributed by atoms with Crippen molar-refractivity contribution in [2.75, 3.05) is 0 Å². The van der Waals surface area contributed by atoms with Crippen molar-refractivity contribution in [1.29, 1.82) is 0 Å². The Kier molecular flexibility index (Phi) is 2.95. The number of nitrogens with zero attached hydrogens (tertiary/aromatic N) is 1. The minimum Gasteiger partial charge on any atom is -0.360 e. The van der Waals surface area contributed by atoms with E-state index < -0.39 is 0 Å². The van der Waals surface area contributed by atoms with Gasteiger partial charge in [-0.15, -0.1) is 0 Å². The molecule has 1 atom stereocenters. The predicted octanol–water partition coefficient (Wildman–Crippen LogP) is 3.07. The molecule has 1 unspecified atom stereocenters. The SMILES string of the molecule is CC(C)N1[C]P(C(C)C)C=C1. The Bertz CT molecular complexity index is 136. The maximum Gasteiger partial charge on any atom is 0.124 e. The van der Waals surface area contributed by atoms with E-state index in [1.807, 2.05) is 0 Å². The van der Waals surface area contributed by atoms with E-state index in [1.54, 1.807) is 0 Å². The van der Waals surface area contributed by atoms with Crippen LogP contribution in [0.25, 0.3) is 0 Å². The molecule has 0 saturated carbocycles. The number of rotatable bonds is 2. The molecular formula is C9H16NP. The highest BCUT2D eigenvalue weighted by atomic mass is 31.1. The maximum absolute atomic E-state index is 3.48. The van der Waals surface area contributed by atoms with Crippen molar-refractivity contribution in [2.24, 2.45) is 0 Å². The molecule has 0 N–H and O–H groups in total. The first kappa shape index (κ1) is 9.06. The van der Waals surface area contributed by atoms with Gasteiger partial charge >= 0.3 is 0 Å². The summed E-state index contributed by atoms with van der Waals surface area (Å²) in [5.41, 5.74) is 0.741. The molecular weight excluding hydrogens is 153 g/mol. The zero-order valence-corrected chi connectivity index (χ0v) is 8.60. The predicted molar refractivity (Wildman–Crippen MR) is 51.4 cm³/mol. The second-order valence-corrected chi connectivity index (χ2v) is 5.75. The van der Waals surface area contributed by atoms with Gasteiger partial charge in [-0.1, -0.05) is 13.8 Å². The molecule has 0 fully saturated rings. The van der Waals surface area contributed by atoms with Crippen molar-refractivity contribution in [3.05, 3.63) is 18.3 Å². The Morgan fingerprint density at radius 2 is 1.91 bits per heavy atom. The van der Waals surface area contributed by atoms with Crippen LogP contribution in [-0.4, -0.2) is 16.6 Å². The van der Waals surface area contributed by atoms with Crippen molar-refractivity contribution < 1.29 is 0 Å². The first-order chi connectivity index (χ1) is 5.11. The van der Waals surface area contributed by atoms with Crippen LogP contribution >= 0.6 is 7.92 Å². The van der Waals surface area contributed by atoms with E-state index in [-0.39, 0.29) is 7.92 Å². The van der Waals surface area contributed by atoms with Gasteiger partial charge in [-0.25, -0.2) is 0 Å². The quantitative estimate of drug-likeness (QED) is 0.574. The second kappa shape index (κ2) is 3.58. The highest BCUT2D eigenvalue weighted by Gasteiger charge is 2.21. The van der Waals surface area contributed by atoms with E-state index in [9.17, 15) is 0 Å². The fourth-order valence-electron chi connectivity index (χ4n) is 0.919. The molecule has 1 heterocycles. The van der Waals surface area contributed by atoms with E-state index in [0.717, 1.165) is 5.66 Å². The third-order valence-corrected chi connectivity index (χ3v) is 3.76. The minimum atomic E-state index is -0.0805. The molecule has 0 spiro atoms. The summed E-state index contributed by atoms with van der Waals surface area (Å²) in [7, 11) is -0.0805. The van der Waals surface area contributed by atoms with E-state index in [1.165, 1.54) is 0 Å². The lowest BCUT2D eigenvalue weighted by Gasteiger charge is -2.21. The highest BCUT2D eigenvalue weighted by Crippen LogP contribution is 2.51. The molecule has 2 radical (unpaired) electrons. The molecule has 0 aromatic heterocycles. The second-order valence-electron chi connectivity index (χ2n) is 3.40. The molecule has 0 aromatic rings. The molecule has 0 bridgehead atoms. The van der Waals surface area contributed by atoms with Crippen molar-refractivity contribution >= 4 is 7.92 Å². The van der Waals surface area contributed by atoms with Gasteiger partial charge in [0.2, 0.25) is 0 Å². The van der Waals surface area contributed by atoms with Gasteiger partial charge in [-0.3, -0.25) is 0 Å². The Labute approximate surface area is 71.2 Å². The number of hydrogen-bond acceptors (Lipinski definition) is 1. The third-order valence-electron chi connectivity index (χ3n) is 1.73. The normalized spacial score (nSPS) is 24.2. The Morgan fingerprint density at radius 1 is 1.27 bits per heavy atom. The molecule has 1 aliphatic rings. The Hall–Kier alpha value is -0.0300. The van der Waals surface area contributed by atoms with Crippen LogP contribution in [0.4, 0.5) is 0 Å². The summed E-state index contributed by atoms with van der Waals surface area (Å²) in [6.07, 6.45) is 5.64. The van der Waals surface area contributed by atoms with Crippen LogP contribution in [0.15, 0.2) is 12.0 Å². The standard InChI is InChI=1S/C9H16NP/c1-8(2)10-5-6-11(7-10)9(3)4/h5-6,8-9H,1-4H3. The average Bonchev–Trinajstić information content (AvgIpc) is 2.33. The lowest BCUT2D eigenvalue weighted by molar-refractivity contribution is 0.406. The van der Waals surface area contributed by atoms with Gasteiger partial charge in [0, 0.05) is 12.2 Å². The fourth-order valence-corrected chi connectivity index (χ4v) is 2.41. The van der Waals surface area contributed by atoms with Crippen molar-refractivity contribution in [3.8, 4) is 0 Å². The van der Waals surface area contributed by atoms with Crippen molar-refractivity contribution in [3.63, 3.8) is 0 Å². The van der Waals surface area contributed by atoms with Crippen molar-refractivity contribution in [1.82, 2.24) is 4.90 Å². The van der Waals surface area contributed by atoms with Crippen LogP contribution in [0.3, 0.4) is 0 Å². The molecule has 62 valence electrons. The Balaban J connectivity index is 2.43. The van der Waals surface area contributed by atoms with Crippen LogP contribution in [0.5, 0.6) is 0 Å². The number of hydrogen-bond donors (Lipinski definition) is 0. The van der Waals surface area contributed by atoms with Crippen LogP contribution in [0, 0.1) is 6.29 Å². The summed E-state index contributed by atoms with van der Waals surface area (Å²) in [5.74, 6) is 2.29. The van der Waals surface area contributed by atoms with Crippen molar-refractivity contribution in [2.45, 2.75) is 39.4 Å². The summed E-state index contributed by atoms with van der Waals surface area (Å²) in [5, 5.41) is 0. The topological polar surface area (TPSA) is 3.24 Å². The van der Waals surface area contributed by atoms with Crippen LogP contribution < -0.4 is 0 Å². The molecule has 11 heavy (non-hydrogen) atoms. The first-order valence-corrected chi connectivity index (χ1v) is 5.60. The molecule has 2 heteroatoms. The molecule has 0 amide bonds. The summed E-state index contributed by atoms with van der Waals surface area (Å²) in [6.45, 7) is 8.90. The van der Waals surface area contributed by atoms with Gasteiger partial charge in [0.1, 0.15) is 6.29 Å². The minimum absolute atomic E-state index is 0.0805. The van der Waals surface area contributed by atoms with Gasteiger partial charge < -0.3 is 4.90 Å². The molecule has 0 aliphatic carbocycles. The summed E-state index contributed by atoms with van der Waals surface area (Å²) in [4.78, 5) is 2.19. The van der Waals surface area contributed by atoms with Gasteiger partial charge in [0.15, 0.2) is 0 Å². The molecule has 1 nitrogen and oxygen atoms in total. The largest absolute Gasteiger partial charge is 0.360 e. The molecule has 1 aliphatic heterocycles. The Morgan fingerprint density at radius 3 is 2.18 bits per heavy atom. The van der Waals surface area contributed by atoms with Gasteiger partial charge in [-0.2, -0.15) is 0 Å². The third kappa shape index (κ3) is 2.20.